The van der Waals surface area contributed by atoms with Gasteiger partial charge in [0.2, 0.25) is 0 Å². The van der Waals surface area contributed by atoms with Crippen molar-refractivity contribution in [3.63, 3.8) is 0 Å². The Morgan fingerprint density at radius 3 is 2.43 bits per heavy atom. The third-order valence-corrected chi connectivity index (χ3v) is 3.04. The molecule has 1 saturated heterocycles. The maximum absolute atomic E-state index is 5.77. The largest absolute Gasteiger partial charge is 0.302 e. The molecule has 84 valence electrons. The fraction of sp³-hybridized carbons (Fsp3) is 1.00. The molecule has 1 heterocycles. The molecule has 1 aliphatic rings. The Kier molecular flexibility index (Phi) is 6.57. The second-order valence-corrected chi connectivity index (χ2v) is 4.46. The van der Waals surface area contributed by atoms with E-state index in [1.54, 1.807) is 0 Å². The lowest BCUT2D eigenvalue weighted by Gasteiger charge is -2.23. The second kappa shape index (κ2) is 7.49. The molecule has 2 nitrogen and oxygen atoms in total. The van der Waals surface area contributed by atoms with E-state index in [2.05, 4.69) is 16.7 Å². The zero-order chi connectivity index (χ0) is 10.2. The lowest BCUT2D eigenvalue weighted by Crippen LogP contribution is -2.35. The van der Waals surface area contributed by atoms with Crippen LogP contribution in [0.25, 0.3) is 0 Å². The minimum atomic E-state index is 0.764. The van der Waals surface area contributed by atoms with Gasteiger partial charge in [-0.25, -0.2) is 0 Å². The molecule has 0 unspecified atom stereocenters. The summed E-state index contributed by atoms with van der Waals surface area (Å²) in [5.74, 6) is 0.764. The fourth-order valence-corrected chi connectivity index (χ4v) is 2.30. The van der Waals surface area contributed by atoms with Crippen LogP contribution in [0.1, 0.15) is 26.2 Å². The number of hydrogen-bond acceptors (Lipinski definition) is 2. The van der Waals surface area contributed by atoms with E-state index in [1.165, 1.54) is 52.0 Å². The quantitative estimate of drug-likeness (QED) is 0.604. The number of hydrogen-bond donors (Lipinski definition) is 0. The maximum atomic E-state index is 5.77. The number of alkyl halides is 1. The molecule has 1 aliphatic heterocycles. The van der Waals surface area contributed by atoms with Crippen molar-refractivity contribution in [2.45, 2.75) is 26.2 Å². The second-order valence-electron chi connectivity index (χ2n) is 4.08. The van der Waals surface area contributed by atoms with Crippen molar-refractivity contribution in [3.8, 4) is 0 Å². The summed E-state index contributed by atoms with van der Waals surface area (Å²) in [6, 6.07) is 0. The van der Waals surface area contributed by atoms with Crippen LogP contribution in [-0.4, -0.2) is 54.9 Å². The van der Waals surface area contributed by atoms with Gasteiger partial charge in [-0.3, -0.25) is 0 Å². The van der Waals surface area contributed by atoms with Crippen LogP contribution in [0.5, 0.6) is 0 Å². The van der Waals surface area contributed by atoms with Crippen LogP contribution in [0.15, 0.2) is 0 Å². The third kappa shape index (κ3) is 4.63. The highest BCUT2D eigenvalue weighted by Gasteiger charge is 2.12. The summed E-state index contributed by atoms with van der Waals surface area (Å²) in [7, 11) is 0. The average Bonchev–Trinajstić information content (AvgIpc) is 2.67. The summed E-state index contributed by atoms with van der Waals surface area (Å²) in [6.45, 7) is 9.51. The first-order valence-corrected chi connectivity index (χ1v) is 6.41. The number of likely N-dealkylation sites (tertiary alicyclic amines) is 1. The van der Waals surface area contributed by atoms with Gasteiger partial charge < -0.3 is 9.80 Å². The van der Waals surface area contributed by atoms with Crippen LogP contribution in [0.3, 0.4) is 0 Å². The molecule has 0 aliphatic carbocycles. The Labute approximate surface area is 93.2 Å². The van der Waals surface area contributed by atoms with Crippen molar-refractivity contribution >= 4 is 11.6 Å². The van der Waals surface area contributed by atoms with Gasteiger partial charge in [0.1, 0.15) is 0 Å². The van der Waals surface area contributed by atoms with Crippen molar-refractivity contribution in [2.75, 3.05) is 45.1 Å². The van der Waals surface area contributed by atoms with Crippen molar-refractivity contribution in [1.29, 1.82) is 0 Å². The lowest BCUT2D eigenvalue weighted by atomic mass is 10.4. The van der Waals surface area contributed by atoms with Gasteiger partial charge in [0.15, 0.2) is 0 Å². The van der Waals surface area contributed by atoms with Gasteiger partial charge in [0.05, 0.1) is 0 Å². The molecule has 0 N–H and O–H groups in total. The molecule has 1 rings (SSSR count). The highest BCUT2D eigenvalue weighted by atomic mass is 35.5. The molecule has 14 heavy (non-hydrogen) atoms. The van der Waals surface area contributed by atoms with Crippen molar-refractivity contribution in [2.24, 2.45) is 0 Å². The molecular formula is C11H23ClN2. The fourth-order valence-electron chi connectivity index (χ4n) is 2.06. The monoisotopic (exact) mass is 218 g/mol. The molecule has 3 heteroatoms. The maximum Gasteiger partial charge on any atom is 0.0351 e. The zero-order valence-electron chi connectivity index (χ0n) is 9.34. The standard InChI is InChI=1S/C11H23ClN2/c1-2-6-13(9-5-12)10-11-14-7-3-4-8-14/h2-11H2,1H3. The molecule has 0 aromatic rings. The van der Waals surface area contributed by atoms with E-state index in [0.717, 1.165) is 12.4 Å². The van der Waals surface area contributed by atoms with Gasteiger partial charge in [-0.2, -0.15) is 0 Å². The Bertz CT molecular complexity index is 129. The predicted octanol–water partition coefficient (Wildman–Crippen LogP) is 2.03. The normalized spacial score (nSPS) is 18.2. The Hall–Kier alpha value is 0.210. The van der Waals surface area contributed by atoms with Crippen LogP contribution >= 0.6 is 11.6 Å². The van der Waals surface area contributed by atoms with E-state index in [-0.39, 0.29) is 0 Å². The first-order chi connectivity index (χ1) is 6.86. The van der Waals surface area contributed by atoms with E-state index in [0.29, 0.717) is 0 Å². The molecule has 0 aromatic heterocycles. The van der Waals surface area contributed by atoms with E-state index in [9.17, 15) is 0 Å². The molecule has 1 fully saturated rings. The smallest absolute Gasteiger partial charge is 0.0351 e. The van der Waals surface area contributed by atoms with E-state index < -0.39 is 0 Å². The SMILES string of the molecule is CCCN(CCCl)CCN1CCCC1. The molecule has 0 spiro atoms. The van der Waals surface area contributed by atoms with Crippen LogP contribution in [0.4, 0.5) is 0 Å². The number of rotatable bonds is 7. The van der Waals surface area contributed by atoms with Crippen LogP contribution in [0, 0.1) is 0 Å². The van der Waals surface area contributed by atoms with Gasteiger partial charge >= 0.3 is 0 Å². The van der Waals surface area contributed by atoms with Gasteiger partial charge in [0, 0.05) is 25.5 Å². The van der Waals surface area contributed by atoms with E-state index in [4.69, 9.17) is 11.6 Å². The first kappa shape index (κ1) is 12.3. The van der Waals surface area contributed by atoms with Crippen LogP contribution in [0.2, 0.25) is 0 Å². The van der Waals surface area contributed by atoms with Gasteiger partial charge in [-0.05, 0) is 38.9 Å². The minimum Gasteiger partial charge on any atom is -0.302 e. The van der Waals surface area contributed by atoms with Crippen LogP contribution < -0.4 is 0 Å². The van der Waals surface area contributed by atoms with E-state index >= 15 is 0 Å². The summed E-state index contributed by atoms with van der Waals surface area (Å²) in [5.41, 5.74) is 0. The summed E-state index contributed by atoms with van der Waals surface area (Å²) in [6.07, 6.45) is 4.02. The van der Waals surface area contributed by atoms with Gasteiger partial charge in [0.25, 0.3) is 0 Å². The minimum absolute atomic E-state index is 0.764. The summed E-state index contributed by atoms with van der Waals surface area (Å²) < 4.78 is 0. The average molecular weight is 219 g/mol. The van der Waals surface area contributed by atoms with Crippen molar-refractivity contribution < 1.29 is 0 Å². The highest BCUT2D eigenvalue weighted by Crippen LogP contribution is 2.06. The molecule has 0 bridgehead atoms. The van der Waals surface area contributed by atoms with Crippen LogP contribution in [-0.2, 0) is 0 Å². The summed E-state index contributed by atoms with van der Waals surface area (Å²) in [5, 5.41) is 0. The number of nitrogens with zero attached hydrogens (tertiary/aromatic N) is 2. The summed E-state index contributed by atoms with van der Waals surface area (Å²) in [4.78, 5) is 5.04. The zero-order valence-corrected chi connectivity index (χ0v) is 10.1. The molecule has 0 radical (unpaired) electrons. The molecule has 0 saturated carbocycles. The van der Waals surface area contributed by atoms with Crippen molar-refractivity contribution in [1.82, 2.24) is 9.80 Å². The van der Waals surface area contributed by atoms with Gasteiger partial charge in [-0.1, -0.05) is 6.92 Å². The first-order valence-electron chi connectivity index (χ1n) is 5.87. The van der Waals surface area contributed by atoms with E-state index in [1.807, 2.05) is 0 Å². The molecule has 0 aromatic carbocycles. The number of halogens is 1. The topological polar surface area (TPSA) is 6.48 Å². The van der Waals surface area contributed by atoms with Crippen molar-refractivity contribution in [3.05, 3.63) is 0 Å². The highest BCUT2D eigenvalue weighted by molar-refractivity contribution is 6.18. The Morgan fingerprint density at radius 1 is 1.14 bits per heavy atom. The molecular weight excluding hydrogens is 196 g/mol. The predicted molar refractivity (Wildman–Crippen MR) is 63.1 cm³/mol. The van der Waals surface area contributed by atoms with Gasteiger partial charge in [-0.15, -0.1) is 11.6 Å². The molecule has 0 atom stereocenters. The third-order valence-electron chi connectivity index (χ3n) is 2.87. The lowest BCUT2D eigenvalue weighted by molar-refractivity contribution is 0.234. The molecule has 0 amide bonds. The Balaban J connectivity index is 2.10. The summed E-state index contributed by atoms with van der Waals surface area (Å²) >= 11 is 5.77. The Morgan fingerprint density at radius 2 is 1.86 bits per heavy atom.